The number of hydrogen-bond donors (Lipinski definition) is 3. The van der Waals surface area contributed by atoms with Gasteiger partial charge in [-0.25, -0.2) is 4.79 Å². The Labute approximate surface area is 305 Å². The molecule has 4 aromatic rings. The lowest BCUT2D eigenvalue weighted by molar-refractivity contribution is -0.115. The van der Waals surface area contributed by atoms with E-state index in [9.17, 15) is 9.59 Å². The Bertz CT molecular complexity index is 1450. The van der Waals surface area contributed by atoms with Gasteiger partial charge in [0.2, 0.25) is 5.91 Å². The van der Waals surface area contributed by atoms with Crippen LogP contribution in [0.1, 0.15) is 23.6 Å². The summed E-state index contributed by atoms with van der Waals surface area (Å²) in [4.78, 5) is 23.6. The van der Waals surface area contributed by atoms with E-state index in [-0.39, 0.29) is 12.5 Å². The van der Waals surface area contributed by atoms with Crippen LogP contribution < -0.4 is 16.0 Å². The van der Waals surface area contributed by atoms with E-state index in [0.717, 1.165) is 54.0 Å². The van der Waals surface area contributed by atoms with E-state index in [1.165, 1.54) is 23.1 Å². The molecule has 2 amide bonds. The number of halogens is 1. The first kappa shape index (κ1) is 42.5. The molecule has 0 spiro atoms. The molecule has 1 atom stereocenters. The van der Waals surface area contributed by atoms with Gasteiger partial charge in [-0.15, -0.1) is 37.5 Å². The van der Waals surface area contributed by atoms with Crippen molar-refractivity contribution in [2.75, 3.05) is 44.4 Å². The molecule has 258 valence electrons. The number of terminal acetylenes is 2. The molecule has 1 saturated heterocycles. The van der Waals surface area contributed by atoms with Crippen LogP contribution in [0.15, 0.2) is 119 Å². The molecule has 1 fully saturated rings. The highest BCUT2D eigenvalue weighted by Crippen LogP contribution is 2.22. The predicted molar refractivity (Wildman–Crippen MR) is 208 cm³/mol. The number of para-hydroxylation sites is 1. The number of nitrogens with one attached hydrogen (secondary N) is 3. The summed E-state index contributed by atoms with van der Waals surface area (Å²) in [6, 6.07) is 37.0. The minimum absolute atomic E-state index is 0.106. The highest BCUT2D eigenvalue weighted by atomic mass is 79.9. The molecule has 1 aliphatic heterocycles. The Morgan fingerprint density at radius 3 is 1.98 bits per heavy atom. The standard InChI is InChI=1S/C13H12.C12H16N2O3.C11H14BrNOS.2C2H2/c1-3-7-12(8-4-1)11-13-9-5-2-6-10-13;1-3-9-6-4-5-7-10(9)14-11(15)8-13-12(16)17-2;12-9-1-3-11(4-2-9)15-8-10-7-13-5-6-14-10;2*1-2/h1-10H,11H2;4-7H,3,8H2,1-2H3,(H,13,16)(H,14,15);1-4,10,13H,5-8H2;2*1-2H/t;;10-;;/m..0../s1. The molecule has 0 saturated carbocycles. The highest BCUT2D eigenvalue weighted by Gasteiger charge is 2.13. The van der Waals surface area contributed by atoms with Gasteiger partial charge < -0.3 is 25.4 Å². The summed E-state index contributed by atoms with van der Waals surface area (Å²) in [5.74, 6) is 0.741. The second kappa shape index (κ2) is 27.4. The molecule has 0 aliphatic carbocycles. The maximum absolute atomic E-state index is 11.5. The number of benzene rings is 4. The average Bonchev–Trinajstić information content (AvgIpc) is 3.17. The predicted octanol–water partition coefficient (Wildman–Crippen LogP) is 7.85. The number of rotatable bonds is 9. The Morgan fingerprint density at radius 2 is 1.45 bits per heavy atom. The smallest absolute Gasteiger partial charge is 0.407 e. The van der Waals surface area contributed by atoms with Crippen molar-refractivity contribution in [2.45, 2.75) is 30.8 Å². The van der Waals surface area contributed by atoms with Gasteiger partial charge >= 0.3 is 6.09 Å². The molecule has 3 N–H and O–H groups in total. The maximum Gasteiger partial charge on any atom is 0.407 e. The minimum atomic E-state index is -0.621. The number of carbonyl (C=O) groups excluding carboxylic acids is 2. The van der Waals surface area contributed by atoms with Crippen LogP contribution in [0.25, 0.3) is 0 Å². The third-order valence-electron chi connectivity index (χ3n) is 6.60. The Balaban J connectivity index is 0.000000351. The molecular weight excluding hydrogens is 698 g/mol. The fourth-order valence-corrected chi connectivity index (χ4v) is 5.43. The summed E-state index contributed by atoms with van der Waals surface area (Å²) >= 11 is 5.28. The van der Waals surface area contributed by atoms with Gasteiger partial charge in [-0.05, 0) is 59.9 Å². The van der Waals surface area contributed by atoms with Crippen molar-refractivity contribution in [3.63, 3.8) is 0 Å². The first-order chi connectivity index (χ1) is 24.0. The van der Waals surface area contributed by atoms with Crippen molar-refractivity contribution in [1.82, 2.24) is 10.6 Å². The molecule has 0 aromatic heterocycles. The van der Waals surface area contributed by atoms with Crippen LogP contribution in [-0.2, 0) is 27.1 Å². The van der Waals surface area contributed by atoms with Gasteiger partial charge in [0.05, 0.1) is 19.8 Å². The summed E-state index contributed by atoms with van der Waals surface area (Å²) in [6.45, 7) is 4.71. The molecule has 49 heavy (non-hydrogen) atoms. The number of thioether (sulfide) groups is 1. The number of amides is 2. The van der Waals surface area contributed by atoms with Crippen molar-refractivity contribution in [3.8, 4) is 25.7 Å². The van der Waals surface area contributed by atoms with Crippen LogP contribution >= 0.6 is 27.7 Å². The Morgan fingerprint density at radius 1 is 0.878 bits per heavy atom. The molecule has 1 aliphatic rings. The summed E-state index contributed by atoms with van der Waals surface area (Å²) in [5, 5.41) is 8.38. The Hall–Kier alpha value is -4.51. The quantitative estimate of drug-likeness (QED) is 0.120. The van der Waals surface area contributed by atoms with Crippen LogP contribution in [0.3, 0.4) is 0 Å². The lowest BCUT2D eigenvalue weighted by Crippen LogP contribution is -2.39. The molecule has 0 radical (unpaired) electrons. The fourth-order valence-electron chi connectivity index (χ4n) is 4.24. The van der Waals surface area contributed by atoms with E-state index in [0.29, 0.717) is 6.10 Å². The molecule has 0 bridgehead atoms. The largest absolute Gasteiger partial charge is 0.453 e. The summed E-state index contributed by atoms with van der Waals surface area (Å²) in [6.07, 6.45) is 17.6. The van der Waals surface area contributed by atoms with E-state index in [2.05, 4.69) is 147 Å². The van der Waals surface area contributed by atoms with Crippen LogP contribution in [0.4, 0.5) is 10.5 Å². The maximum atomic E-state index is 11.5. The van der Waals surface area contributed by atoms with Gasteiger partial charge in [-0.3, -0.25) is 4.79 Å². The number of hydrogen-bond acceptors (Lipinski definition) is 6. The summed E-state index contributed by atoms with van der Waals surface area (Å²) in [5.41, 5.74) is 4.56. The van der Waals surface area contributed by atoms with Crippen molar-refractivity contribution < 1.29 is 19.1 Å². The number of alkyl carbamates (subject to hydrolysis) is 1. The fraction of sp³-hybridized carbons (Fsp3) is 0.250. The molecule has 1 heterocycles. The number of aryl methyl sites for hydroxylation is 1. The van der Waals surface area contributed by atoms with Crippen molar-refractivity contribution in [3.05, 3.63) is 130 Å². The first-order valence-corrected chi connectivity index (χ1v) is 17.4. The zero-order valence-electron chi connectivity index (χ0n) is 28.1. The first-order valence-electron chi connectivity index (χ1n) is 15.6. The number of ether oxygens (including phenoxy) is 2. The number of anilines is 1. The molecule has 0 unspecified atom stereocenters. The number of morpholine rings is 1. The second-order valence-corrected chi connectivity index (χ2v) is 12.0. The van der Waals surface area contributed by atoms with Gasteiger partial charge in [0.1, 0.15) is 6.54 Å². The van der Waals surface area contributed by atoms with Gasteiger partial charge in [0, 0.05) is 33.9 Å². The van der Waals surface area contributed by atoms with Crippen LogP contribution in [0.5, 0.6) is 0 Å². The lowest BCUT2D eigenvalue weighted by Gasteiger charge is -2.23. The summed E-state index contributed by atoms with van der Waals surface area (Å²) < 4.78 is 11.1. The van der Waals surface area contributed by atoms with Crippen molar-refractivity contribution >= 4 is 45.4 Å². The van der Waals surface area contributed by atoms with Crippen LogP contribution in [0, 0.1) is 25.7 Å². The molecule has 9 heteroatoms. The zero-order valence-corrected chi connectivity index (χ0v) is 30.6. The monoisotopic (exact) mass is 743 g/mol. The Kier molecular flexibility index (Phi) is 23.8. The average molecular weight is 745 g/mol. The molecule has 4 aromatic carbocycles. The third kappa shape index (κ3) is 19.2. The highest BCUT2D eigenvalue weighted by molar-refractivity contribution is 9.10. The lowest BCUT2D eigenvalue weighted by atomic mass is 10.1. The van der Waals surface area contributed by atoms with E-state index in [1.807, 2.05) is 43.0 Å². The van der Waals surface area contributed by atoms with Gasteiger partial charge in [-0.1, -0.05) is 102 Å². The van der Waals surface area contributed by atoms with E-state index < -0.39 is 6.09 Å². The topological polar surface area (TPSA) is 88.7 Å². The third-order valence-corrected chi connectivity index (χ3v) is 8.27. The van der Waals surface area contributed by atoms with Crippen LogP contribution in [-0.4, -0.2) is 57.2 Å². The van der Waals surface area contributed by atoms with Crippen molar-refractivity contribution in [2.24, 2.45) is 0 Å². The van der Waals surface area contributed by atoms with Gasteiger partial charge in [0.25, 0.3) is 0 Å². The number of carbonyl (C=O) groups is 2. The molecule has 5 rings (SSSR count). The zero-order chi connectivity index (χ0) is 36.1. The summed E-state index contributed by atoms with van der Waals surface area (Å²) in [7, 11) is 1.25. The minimum Gasteiger partial charge on any atom is -0.453 e. The van der Waals surface area contributed by atoms with Crippen LogP contribution in [0.2, 0.25) is 0 Å². The van der Waals surface area contributed by atoms with E-state index in [4.69, 9.17) is 4.74 Å². The second-order valence-electron chi connectivity index (χ2n) is 10.0. The SMILES string of the molecule is Brc1ccc(SC[C@@H]2CNCCO2)cc1.C#C.C#C.CCc1ccccc1NC(=O)CNC(=O)OC.c1ccc(Cc2ccccc2)cc1. The molecular formula is C40H46BrN3O4S. The van der Waals surface area contributed by atoms with Gasteiger partial charge in [0.15, 0.2) is 0 Å². The van der Waals surface area contributed by atoms with Gasteiger partial charge in [-0.2, -0.15) is 0 Å². The van der Waals surface area contributed by atoms with E-state index >= 15 is 0 Å². The normalized spacial score (nSPS) is 12.6. The van der Waals surface area contributed by atoms with E-state index in [1.54, 1.807) is 0 Å². The molecule has 7 nitrogen and oxygen atoms in total. The number of methoxy groups -OCH3 is 1. The van der Waals surface area contributed by atoms with Crippen molar-refractivity contribution in [1.29, 1.82) is 0 Å².